The van der Waals surface area contributed by atoms with E-state index < -0.39 is 11.9 Å². The molecule has 1 saturated heterocycles. The fourth-order valence-corrected chi connectivity index (χ4v) is 2.27. The molecule has 0 spiro atoms. The summed E-state index contributed by atoms with van der Waals surface area (Å²) in [6, 6.07) is 3.78. The third-order valence-electron chi connectivity index (χ3n) is 3.30. The minimum atomic E-state index is -1.21. The Kier molecular flexibility index (Phi) is 4.02. The van der Waals surface area contributed by atoms with E-state index in [1.165, 1.54) is 17.0 Å². The molecule has 6 heteroatoms. The molecule has 1 aliphatic rings. The molecule has 0 radical (unpaired) electrons. The number of rotatable bonds is 3. The monoisotopic (exact) mass is 277 g/mol. The van der Waals surface area contributed by atoms with Crippen LogP contribution in [0.5, 0.6) is 0 Å². The van der Waals surface area contributed by atoms with Crippen LogP contribution in [-0.4, -0.2) is 34.6 Å². The Morgan fingerprint density at radius 3 is 2.10 bits per heavy atom. The van der Waals surface area contributed by atoms with Gasteiger partial charge in [-0.05, 0) is 31.0 Å². The maximum Gasteiger partial charge on any atom is 0.335 e. The van der Waals surface area contributed by atoms with Gasteiger partial charge in [-0.1, -0.05) is 6.42 Å². The lowest BCUT2D eigenvalue weighted by Gasteiger charge is -2.21. The summed E-state index contributed by atoms with van der Waals surface area (Å²) in [6.45, 7) is 0.487. The van der Waals surface area contributed by atoms with E-state index in [1.807, 2.05) is 0 Å². The Labute approximate surface area is 115 Å². The summed E-state index contributed by atoms with van der Waals surface area (Å²) in [6.07, 6.45) is 2.97. The molecule has 2 rings (SSSR count). The average Bonchev–Trinajstić information content (AvgIpc) is 2.62. The lowest BCUT2D eigenvalue weighted by molar-refractivity contribution is -0.118. The number of anilines is 1. The van der Waals surface area contributed by atoms with Crippen LogP contribution < -0.4 is 4.90 Å². The van der Waals surface area contributed by atoms with Crippen LogP contribution >= 0.6 is 0 Å². The van der Waals surface area contributed by atoms with Crippen molar-refractivity contribution in [2.24, 2.45) is 0 Å². The minimum absolute atomic E-state index is 0.0959. The average molecular weight is 277 g/mol. The van der Waals surface area contributed by atoms with Crippen molar-refractivity contribution < 1.29 is 24.6 Å². The van der Waals surface area contributed by atoms with Crippen molar-refractivity contribution in [3.63, 3.8) is 0 Å². The molecule has 106 valence electrons. The molecule has 0 bridgehead atoms. The van der Waals surface area contributed by atoms with E-state index in [9.17, 15) is 14.4 Å². The number of hydrogen-bond donors (Lipinski definition) is 2. The molecule has 0 unspecified atom stereocenters. The molecule has 0 aromatic heterocycles. The van der Waals surface area contributed by atoms with Crippen molar-refractivity contribution in [1.29, 1.82) is 0 Å². The highest BCUT2D eigenvalue weighted by atomic mass is 16.4. The maximum absolute atomic E-state index is 12.0. The fourth-order valence-electron chi connectivity index (χ4n) is 2.27. The Hall–Kier alpha value is -2.37. The normalized spacial score (nSPS) is 15.8. The first-order chi connectivity index (χ1) is 9.49. The van der Waals surface area contributed by atoms with Gasteiger partial charge in [-0.3, -0.25) is 4.79 Å². The van der Waals surface area contributed by atoms with E-state index in [-0.39, 0.29) is 17.0 Å². The molecule has 0 aliphatic carbocycles. The Bertz CT molecular complexity index is 534. The number of hydrogen-bond acceptors (Lipinski definition) is 3. The van der Waals surface area contributed by atoms with Gasteiger partial charge >= 0.3 is 11.9 Å². The Morgan fingerprint density at radius 1 is 0.950 bits per heavy atom. The summed E-state index contributed by atoms with van der Waals surface area (Å²) < 4.78 is 0. The third kappa shape index (κ3) is 2.96. The third-order valence-corrected chi connectivity index (χ3v) is 3.30. The summed E-state index contributed by atoms with van der Waals surface area (Å²) in [7, 11) is 0. The van der Waals surface area contributed by atoms with Gasteiger partial charge in [0.05, 0.1) is 11.1 Å². The molecule has 1 amide bonds. The predicted octanol–water partition coefficient (Wildman–Crippen LogP) is 1.99. The van der Waals surface area contributed by atoms with Crippen LogP contribution in [0.3, 0.4) is 0 Å². The number of benzene rings is 1. The second kappa shape index (κ2) is 5.73. The zero-order chi connectivity index (χ0) is 14.7. The van der Waals surface area contributed by atoms with Crippen molar-refractivity contribution in [3.8, 4) is 0 Å². The van der Waals surface area contributed by atoms with Gasteiger partial charge in [0.1, 0.15) is 0 Å². The molecule has 1 aromatic rings. The van der Waals surface area contributed by atoms with Crippen molar-refractivity contribution in [2.45, 2.75) is 25.7 Å². The van der Waals surface area contributed by atoms with Gasteiger partial charge < -0.3 is 15.1 Å². The van der Waals surface area contributed by atoms with Crippen molar-refractivity contribution in [3.05, 3.63) is 29.3 Å². The first-order valence-corrected chi connectivity index (χ1v) is 6.41. The number of carboxylic acids is 2. The SMILES string of the molecule is O=C(O)c1cc(C(=O)O)cc(N2CCCCCC2=O)c1. The maximum atomic E-state index is 12.0. The van der Waals surface area contributed by atoms with E-state index in [4.69, 9.17) is 10.2 Å². The van der Waals surface area contributed by atoms with Crippen molar-refractivity contribution >= 4 is 23.5 Å². The number of amides is 1. The van der Waals surface area contributed by atoms with Crippen molar-refractivity contribution in [1.82, 2.24) is 0 Å². The highest BCUT2D eigenvalue weighted by Crippen LogP contribution is 2.23. The molecule has 1 fully saturated rings. The van der Waals surface area contributed by atoms with E-state index in [1.54, 1.807) is 0 Å². The highest BCUT2D eigenvalue weighted by Gasteiger charge is 2.21. The first kappa shape index (κ1) is 14.0. The molecule has 20 heavy (non-hydrogen) atoms. The standard InChI is InChI=1S/C14H15NO5/c16-12-4-2-1-3-5-15(12)11-7-9(13(17)18)6-10(8-11)14(19)20/h6-8H,1-5H2,(H,17,18)(H,19,20). The molecular weight excluding hydrogens is 262 g/mol. The zero-order valence-electron chi connectivity index (χ0n) is 10.8. The van der Waals surface area contributed by atoms with Gasteiger partial charge in [0, 0.05) is 18.7 Å². The van der Waals surface area contributed by atoms with Crippen LogP contribution in [0.1, 0.15) is 46.4 Å². The van der Waals surface area contributed by atoms with E-state index in [0.717, 1.165) is 25.3 Å². The number of nitrogens with zero attached hydrogens (tertiary/aromatic N) is 1. The van der Waals surface area contributed by atoms with Crippen LogP contribution in [0.15, 0.2) is 18.2 Å². The number of carbonyl (C=O) groups is 3. The van der Waals surface area contributed by atoms with Crippen molar-refractivity contribution in [2.75, 3.05) is 11.4 Å². The molecule has 1 aromatic carbocycles. The van der Waals surface area contributed by atoms with E-state index in [2.05, 4.69) is 0 Å². The number of carbonyl (C=O) groups excluding carboxylic acids is 1. The molecule has 1 heterocycles. The molecule has 0 saturated carbocycles. The van der Waals surface area contributed by atoms with Gasteiger partial charge in [-0.25, -0.2) is 9.59 Å². The fraction of sp³-hybridized carbons (Fsp3) is 0.357. The van der Waals surface area contributed by atoms with Crippen LogP contribution in [0.25, 0.3) is 0 Å². The largest absolute Gasteiger partial charge is 0.478 e. The Balaban J connectivity index is 2.46. The number of carboxylic acid groups (broad SMARTS) is 2. The van der Waals surface area contributed by atoms with Gasteiger partial charge in [0.15, 0.2) is 0 Å². The summed E-state index contributed by atoms with van der Waals surface area (Å²) >= 11 is 0. The van der Waals surface area contributed by atoms with Crippen LogP contribution in [0.4, 0.5) is 5.69 Å². The topological polar surface area (TPSA) is 94.9 Å². The lowest BCUT2D eigenvalue weighted by Crippen LogP contribution is -2.30. The molecule has 6 nitrogen and oxygen atoms in total. The van der Waals surface area contributed by atoms with E-state index in [0.29, 0.717) is 18.7 Å². The summed E-state index contributed by atoms with van der Waals surface area (Å²) in [5.74, 6) is -2.52. The lowest BCUT2D eigenvalue weighted by atomic mass is 10.1. The number of aromatic carboxylic acids is 2. The van der Waals surface area contributed by atoms with Crippen LogP contribution in [0, 0.1) is 0 Å². The molecule has 0 atom stereocenters. The molecule has 1 aliphatic heterocycles. The van der Waals surface area contributed by atoms with Gasteiger partial charge in [-0.2, -0.15) is 0 Å². The van der Waals surface area contributed by atoms with E-state index >= 15 is 0 Å². The summed E-state index contributed by atoms with van der Waals surface area (Å²) in [5.41, 5.74) is 0.0862. The second-order valence-electron chi connectivity index (χ2n) is 4.73. The van der Waals surface area contributed by atoms with Gasteiger partial charge in [0.25, 0.3) is 0 Å². The Morgan fingerprint density at radius 2 is 1.55 bits per heavy atom. The summed E-state index contributed by atoms with van der Waals surface area (Å²) in [5, 5.41) is 18.1. The molecular formula is C14H15NO5. The highest BCUT2D eigenvalue weighted by molar-refractivity contribution is 5.99. The minimum Gasteiger partial charge on any atom is -0.478 e. The second-order valence-corrected chi connectivity index (χ2v) is 4.73. The zero-order valence-corrected chi connectivity index (χ0v) is 10.8. The van der Waals surface area contributed by atoms with Crippen LogP contribution in [0.2, 0.25) is 0 Å². The quantitative estimate of drug-likeness (QED) is 0.881. The van der Waals surface area contributed by atoms with Crippen LogP contribution in [-0.2, 0) is 4.79 Å². The van der Waals surface area contributed by atoms with Gasteiger partial charge in [0.2, 0.25) is 5.91 Å². The predicted molar refractivity (Wildman–Crippen MR) is 71.2 cm³/mol. The summed E-state index contributed by atoms with van der Waals surface area (Å²) in [4.78, 5) is 35.6. The smallest absolute Gasteiger partial charge is 0.335 e. The first-order valence-electron chi connectivity index (χ1n) is 6.41. The molecule has 2 N–H and O–H groups in total. The van der Waals surface area contributed by atoms with Gasteiger partial charge in [-0.15, -0.1) is 0 Å².